The van der Waals surface area contributed by atoms with Gasteiger partial charge in [0, 0.05) is 53.3 Å². The van der Waals surface area contributed by atoms with Crippen molar-refractivity contribution < 1.29 is 54.8 Å². The van der Waals surface area contributed by atoms with Crippen LogP contribution in [0.25, 0.3) is 3.58 Å². The monoisotopic (exact) mass is 614 g/mol. The van der Waals surface area contributed by atoms with Crippen molar-refractivity contribution in [2.24, 2.45) is 5.92 Å². The molecular formula is C22H28F2IOPr-. The smallest absolute Gasteiger partial charge is 0.167 e. The van der Waals surface area contributed by atoms with E-state index in [4.69, 9.17) is 4.74 Å². The Bertz CT molecular complexity index is 669. The van der Waals surface area contributed by atoms with Gasteiger partial charge in [-0.25, -0.2) is 8.78 Å². The summed E-state index contributed by atoms with van der Waals surface area (Å²) in [5, 5.41) is 0. The first-order valence-electron chi connectivity index (χ1n) is 9.95. The Morgan fingerprint density at radius 1 is 1.19 bits per heavy atom. The number of hydrogen-bond donors (Lipinski definition) is 0. The molecule has 147 valence electrons. The number of hydrogen-bond acceptors (Lipinski definition) is 1. The molecule has 0 atom stereocenters. The van der Waals surface area contributed by atoms with Crippen LogP contribution in [0.1, 0.15) is 75.0 Å². The van der Waals surface area contributed by atoms with Crippen LogP contribution in [0, 0.1) is 65.3 Å². The molecule has 0 spiro atoms. The number of aryl methyl sites for hydroxylation is 2. The second-order valence-electron chi connectivity index (χ2n) is 7.49. The molecule has 1 nitrogen and oxygen atoms in total. The third-order valence-electron chi connectivity index (χ3n) is 5.60. The summed E-state index contributed by atoms with van der Waals surface area (Å²) in [7, 11) is 0. The molecule has 0 aliphatic heterocycles. The number of fused-ring (bicyclic) bond motifs is 1. The molecular weight excluding hydrogens is 586 g/mol. The van der Waals surface area contributed by atoms with Gasteiger partial charge in [-0.1, -0.05) is 32.3 Å². The molecule has 2 aliphatic carbocycles. The van der Waals surface area contributed by atoms with Crippen molar-refractivity contribution in [2.45, 2.75) is 71.1 Å². The number of rotatable bonds is 7. The normalized spacial score (nSPS) is 17.5. The summed E-state index contributed by atoms with van der Waals surface area (Å²) in [5.41, 5.74) is 1.91. The molecule has 1 saturated carbocycles. The molecule has 27 heavy (non-hydrogen) atoms. The van der Waals surface area contributed by atoms with Crippen LogP contribution in [0.5, 0.6) is 0 Å². The standard InChI is InChI=1S/C22H28F2IO.Pr/c1-2-3-13-26-18-12-11-16-14-17(10-9-15-7-5-4-6-8-15)20(23)21(24)19(16)22(18)25;/h4,14-15H,2-3,5-13H2,1H3;/q-1;. The topological polar surface area (TPSA) is 9.23 Å². The van der Waals surface area contributed by atoms with E-state index in [0.29, 0.717) is 30.1 Å². The van der Waals surface area contributed by atoms with Crippen LogP contribution in [-0.4, -0.2) is 6.61 Å². The van der Waals surface area contributed by atoms with Gasteiger partial charge in [0.1, 0.15) is 5.76 Å². The third-order valence-corrected chi connectivity index (χ3v) is 6.74. The van der Waals surface area contributed by atoms with Crippen molar-refractivity contribution in [2.75, 3.05) is 6.61 Å². The first kappa shape index (κ1) is 24.0. The van der Waals surface area contributed by atoms with Gasteiger partial charge in [-0.2, -0.15) is 12.8 Å². The van der Waals surface area contributed by atoms with Crippen molar-refractivity contribution in [1.29, 1.82) is 0 Å². The van der Waals surface area contributed by atoms with Gasteiger partial charge in [0.05, 0.1) is 10.2 Å². The third kappa shape index (κ3) is 6.10. The zero-order valence-corrected chi connectivity index (χ0v) is 22.0. The second-order valence-corrected chi connectivity index (χ2v) is 8.56. The number of halogens is 3. The van der Waals surface area contributed by atoms with E-state index in [1.54, 1.807) is 0 Å². The Kier molecular flexibility index (Phi) is 10.5. The Labute approximate surface area is 209 Å². The van der Waals surface area contributed by atoms with E-state index in [-0.39, 0.29) is 41.3 Å². The first-order valence-corrected chi connectivity index (χ1v) is 11.0. The number of ether oxygens (including phenoxy) is 1. The largest absolute Gasteiger partial charge is 0.497 e. The summed E-state index contributed by atoms with van der Waals surface area (Å²) >= 11 is 2.12. The average Bonchev–Trinajstić information content (AvgIpc) is 2.66. The Balaban J connectivity index is 0.00000261. The molecule has 1 radical (unpaired) electrons. The van der Waals surface area contributed by atoms with Gasteiger partial charge in [0.25, 0.3) is 0 Å². The van der Waals surface area contributed by atoms with E-state index < -0.39 is 11.6 Å². The minimum atomic E-state index is -0.685. The minimum Gasteiger partial charge on any atom is -0.497 e. The second kappa shape index (κ2) is 11.8. The molecule has 0 heterocycles. The minimum absolute atomic E-state index is 0. The zero-order valence-electron chi connectivity index (χ0n) is 16.1. The fourth-order valence-electron chi connectivity index (χ4n) is 3.97. The molecule has 5 heteroatoms. The molecule has 0 amide bonds. The maximum atomic E-state index is 14.8. The summed E-state index contributed by atoms with van der Waals surface area (Å²) in [5.74, 6) is 0.124. The fourth-order valence-corrected chi connectivity index (χ4v) is 4.98. The fraction of sp³-hybridized carbons (Fsp3) is 0.591. The molecule has 0 unspecified atom stereocenters. The van der Waals surface area contributed by atoms with Gasteiger partial charge in [0.2, 0.25) is 0 Å². The van der Waals surface area contributed by atoms with Gasteiger partial charge in [0.15, 0.2) is 11.6 Å². The van der Waals surface area contributed by atoms with Crippen LogP contribution in [0.15, 0.2) is 11.8 Å². The number of allylic oxidation sites excluding steroid dienone is 1. The van der Waals surface area contributed by atoms with Crippen LogP contribution in [0.2, 0.25) is 0 Å². The van der Waals surface area contributed by atoms with Crippen LogP contribution < -0.4 is 0 Å². The van der Waals surface area contributed by atoms with Crippen molar-refractivity contribution in [1.82, 2.24) is 0 Å². The van der Waals surface area contributed by atoms with Crippen LogP contribution in [-0.2, 0) is 17.6 Å². The van der Waals surface area contributed by atoms with Gasteiger partial charge < -0.3 is 11.2 Å². The molecule has 0 N–H and O–H groups in total. The van der Waals surface area contributed by atoms with Crippen LogP contribution in [0.4, 0.5) is 8.78 Å². The van der Waals surface area contributed by atoms with Gasteiger partial charge in [-0.05, 0) is 65.3 Å². The summed E-state index contributed by atoms with van der Waals surface area (Å²) < 4.78 is 36.1. The summed E-state index contributed by atoms with van der Waals surface area (Å²) in [6, 6.07) is 1.91. The maximum Gasteiger partial charge on any atom is 0.167 e. The molecule has 1 aromatic carbocycles. The molecule has 1 fully saturated rings. The predicted octanol–water partition coefficient (Wildman–Crippen LogP) is 7.16. The van der Waals surface area contributed by atoms with Crippen LogP contribution >= 0.6 is 22.6 Å². The summed E-state index contributed by atoms with van der Waals surface area (Å²) in [4.78, 5) is 0. The molecule has 0 saturated heterocycles. The Hall–Kier alpha value is 0.714. The van der Waals surface area contributed by atoms with E-state index in [0.717, 1.165) is 59.8 Å². The number of unbranched alkanes of at least 4 members (excludes halogenated alkanes) is 1. The molecule has 0 bridgehead atoms. The van der Waals surface area contributed by atoms with Gasteiger partial charge >= 0.3 is 0 Å². The Morgan fingerprint density at radius 2 is 1.93 bits per heavy atom. The molecule has 0 aromatic heterocycles. The van der Waals surface area contributed by atoms with E-state index >= 15 is 0 Å². The van der Waals surface area contributed by atoms with Crippen LogP contribution in [0.3, 0.4) is 0 Å². The van der Waals surface area contributed by atoms with E-state index in [2.05, 4.69) is 35.9 Å². The predicted molar refractivity (Wildman–Crippen MR) is 111 cm³/mol. The van der Waals surface area contributed by atoms with Crippen molar-refractivity contribution in [3.63, 3.8) is 0 Å². The van der Waals surface area contributed by atoms with E-state index in [1.807, 2.05) is 6.07 Å². The van der Waals surface area contributed by atoms with Gasteiger partial charge in [-0.3, -0.25) is 0 Å². The van der Waals surface area contributed by atoms with Crippen molar-refractivity contribution in [3.05, 3.63) is 46.6 Å². The maximum absolute atomic E-state index is 14.8. The SMILES string of the molecule is CCCCOC1=C(I)c2c(cc(CCC3CC[CH-]CC3)c(F)c2F)CC1.[Pr]. The molecule has 1 aromatic rings. The first-order chi connectivity index (χ1) is 12.6. The molecule has 3 rings (SSSR count). The average molecular weight is 614 g/mol. The summed E-state index contributed by atoms with van der Waals surface area (Å²) in [6.07, 6.45) is 12.2. The summed E-state index contributed by atoms with van der Waals surface area (Å²) in [6.45, 7) is 2.76. The van der Waals surface area contributed by atoms with E-state index in [9.17, 15) is 8.78 Å². The van der Waals surface area contributed by atoms with Crippen molar-refractivity contribution >= 4 is 26.2 Å². The number of benzene rings is 1. The Morgan fingerprint density at radius 3 is 2.63 bits per heavy atom. The quantitative estimate of drug-likeness (QED) is 0.180. The van der Waals surface area contributed by atoms with Gasteiger partial charge in [-0.15, -0.1) is 0 Å². The van der Waals surface area contributed by atoms with E-state index in [1.165, 1.54) is 12.8 Å². The van der Waals surface area contributed by atoms with Crippen molar-refractivity contribution in [3.8, 4) is 0 Å². The molecule has 2 aliphatic rings. The zero-order chi connectivity index (χ0) is 18.5.